The summed E-state index contributed by atoms with van der Waals surface area (Å²) in [4.78, 5) is 15.4. The van der Waals surface area contributed by atoms with Gasteiger partial charge in [-0.05, 0) is 17.7 Å². The van der Waals surface area contributed by atoms with Crippen LogP contribution in [0.2, 0.25) is 5.02 Å². The van der Waals surface area contributed by atoms with Crippen molar-refractivity contribution in [3.63, 3.8) is 0 Å². The van der Waals surface area contributed by atoms with Crippen LogP contribution in [0.4, 0.5) is 0 Å². The Labute approximate surface area is 166 Å². The third kappa shape index (κ3) is 3.46. The molecule has 1 aromatic heterocycles. The number of halogens is 1. The van der Waals surface area contributed by atoms with Crippen molar-refractivity contribution >= 4 is 22.6 Å². The lowest BCUT2D eigenvalue weighted by Gasteiger charge is -2.27. The molecule has 2 aromatic carbocycles. The van der Waals surface area contributed by atoms with Gasteiger partial charge in [0.2, 0.25) is 5.43 Å². The van der Waals surface area contributed by atoms with Crippen molar-refractivity contribution in [3.05, 3.63) is 57.4 Å². The first kappa shape index (κ1) is 18.8. The Hall–Kier alpha value is -2.54. The van der Waals surface area contributed by atoms with Crippen molar-refractivity contribution in [2.24, 2.45) is 0 Å². The lowest BCUT2D eigenvalue weighted by molar-refractivity contribution is 0.0339. The molecule has 1 fully saturated rings. The molecule has 28 heavy (non-hydrogen) atoms. The fraction of sp³-hybridized carbons (Fsp3) is 0.286. The number of aromatic hydroxyl groups is 1. The minimum absolute atomic E-state index is 0.0400. The highest BCUT2D eigenvalue weighted by Gasteiger charge is 2.22. The van der Waals surface area contributed by atoms with Crippen LogP contribution in [0.25, 0.3) is 22.1 Å². The molecule has 0 saturated carbocycles. The highest BCUT2D eigenvalue weighted by Crippen LogP contribution is 2.36. The monoisotopic (exact) mass is 401 g/mol. The first-order valence-electron chi connectivity index (χ1n) is 8.99. The molecule has 7 heteroatoms. The summed E-state index contributed by atoms with van der Waals surface area (Å²) in [6.45, 7) is 3.23. The molecule has 0 bridgehead atoms. The number of phenolic OH excluding ortho intramolecular Hbond substituents is 1. The fourth-order valence-electron chi connectivity index (χ4n) is 3.44. The summed E-state index contributed by atoms with van der Waals surface area (Å²) in [5.41, 5.74) is 1.79. The third-order valence-electron chi connectivity index (χ3n) is 4.95. The van der Waals surface area contributed by atoms with E-state index in [4.69, 9.17) is 25.5 Å². The summed E-state index contributed by atoms with van der Waals surface area (Å²) in [6, 6.07) is 8.45. The maximum atomic E-state index is 13.3. The molecule has 0 spiro atoms. The van der Waals surface area contributed by atoms with E-state index >= 15 is 0 Å². The Morgan fingerprint density at radius 2 is 1.93 bits per heavy atom. The van der Waals surface area contributed by atoms with Crippen molar-refractivity contribution in [2.75, 3.05) is 33.4 Å². The predicted octanol–water partition coefficient (Wildman–Crippen LogP) is 3.66. The molecule has 0 unspecified atom stereocenters. The average molecular weight is 402 g/mol. The number of hydrogen-bond donors (Lipinski definition) is 1. The van der Waals surface area contributed by atoms with Crippen molar-refractivity contribution in [1.82, 2.24) is 4.90 Å². The van der Waals surface area contributed by atoms with Crippen LogP contribution < -0.4 is 10.2 Å². The van der Waals surface area contributed by atoms with Crippen LogP contribution in [0.1, 0.15) is 5.56 Å². The maximum Gasteiger partial charge on any atom is 0.204 e. The van der Waals surface area contributed by atoms with Gasteiger partial charge in [-0.25, -0.2) is 0 Å². The Morgan fingerprint density at radius 3 is 2.61 bits per heavy atom. The molecule has 4 rings (SSSR count). The SMILES string of the molecule is COc1cc(O)c(CN2CCOCC2)c2occ(-c3ccc(Cl)cc3)c(=O)c12. The maximum absolute atomic E-state index is 13.3. The number of phenols is 1. The smallest absolute Gasteiger partial charge is 0.204 e. The second-order valence-corrected chi connectivity index (χ2v) is 7.09. The molecule has 6 nitrogen and oxygen atoms in total. The molecular weight excluding hydrogens is 382 g/mol. The van der Waals surface area contributed by atoms with Crippen LogP contribution in [0, 0.1) is 0 Å². The minimum atomic E-state index is -0.219. The normalized spacial score (nSPS) is 15.1. The second-order valence-electron chi connectivity index (χ2n) is 6.65. The quantitative estimate of drug-likeness (QED) is 0.719. The van der Waals surface area contributed by atoms with E-state index in [9.17, 15) is 9.90 Å². The van der Waals surface area contributed by atoms with Crippen LogP contribution in [-0.2, 0) is 11.3 Å². The van der Waals surface area contributed by atoms with Gasteiger partial charge in [-0.2, -0.15) is 0 Å². The lowest BCUT2D eigenvalue weighted by Crippen LogP contribution is -2.35. The number of hydrogen-bond acceptors (Lipinski definition) is 6. The van der Waals surface area contributed by atoms with E-state index in [-0.39, 0.29) is 16.9 Å². The highest BCUT2D eigenvalue weighted by molar-refractivity contribution is 6.30. The first-order valence-corrected chi connectivity index (χ1v) is 9.36. The molecule has 0 aliphatic carbocycles. The zero-order valence-corrected chi connectivity index (χ0v) is 16.2. The van der Waals surface area contributed by atoms with Crippen molar-refractivity contribution in [2.45, 2.75) is 6.54 Å². The van der Waals surface area contributed by atoms with Gasteiger partial charge in [-0.3, -0.25) is 9.69 Å². The van der Waals surface area contributed by atoms with Gasteiger partial charge in [-0.15, -0.1) is 0 Å². The van der Waals surface area contributed by atoms with Gasteiger partial charge in [-0.1, -0.05) is 23.7 Å². The molecule has 1 aliphatic heterocycles. The molecule has 1 aliphatic rings. The van der Waals surface area contributed by atoms with Gasteiger partial charge in [0.25, 0.3) is 0 Å². The molecule has 0 amide bonds. The summed E-state index contributed by atoms with van der Waals surface area (Å²) in [6.07, 6.45) is 1.43. The number of ether oxygens (including phenoxy) is 2. The van der Waals surface area contributed by atoms with Gasteiger partial charge in [0.1, 0.15) is 28.7 Å². The van der Waals surface area contributed by atoms with E-state index in [2.05, 4.69) is 4.90 Å². The Morgan fingerprint density at radius 1 is 1.21 bits per heavy atom. The van der Waals surface area contributed by atoms with Crippen LogP contribution in [0.5, 0.6) is 11.5 Å². The number of methoxy groups -OCH3 is 1. The molecular formula is C21H20ClNO5. The molecule has 1 saturated heterocycles. The summed E-state index contributed by atoms with van der Waals surface area (Å²) in [5.74, 6) is 0.320. The molecule has 0 radical (unpaired) electrons. The highest BCUT2D eigenvalue weighted by atomic mass is 35.5. The van der Waals surface area contributed by atoms with E-state index in [0.29, 0.717) is 52.4 Å². The van der Waals surface area contributed by atoms with Gasteiger partial charge in [0.05, 0.1) is 31.5 Å². The molecule has 2 heterocycles. The Kier molecular flexibility index (Phi) is 5.26. The zero-order chi connectivity index (χ0) is 19.7. The number of morpholine rings is 1. The second kappa shape index (κ2) is 7.83. The summed E-state index contributed by atoms with van der Waals surface area (Å²) < 4.78 is 16.6. The molecule has 146 valence electrons. The Bertz CT molecular complexity index is 1060. The van der Waals surface area contributed by atoms with Crippen molar-refractivity contribution in [3.8, 4) is 22.6 Å². The van der Waals surface area contributed by atoms with E-state index in [0.717, 1.165) is 13.1 Å². The van der Waals surface area contributed by atoms with E-state index in [1.54, 1.807) is 24.3 Å². The molecule has 1 N–H and O–H groups in total. The van der Waals surface area contributed by atoms with E-state index in [1.807, 2.05) is 0 Å². The predicted molar refractivity (Wildman–Crippen MR) is 107 cm³/mol. The number of nitrogens with zero attached hydrogens (tertiary/aromatic N) is 1. The number of fused-ring (bicyclic) bond motifs is 1. The Balaban J connectivity index is 1.87. The van der Waals surface area contributed by atoms with Crippen molar-refractivity contribution < 1.29 is 19.0 Å². The zero-order valence-electron chi connectivity index (χ0n) is 15.4. The topological polar surface area (TPSA) is 72.1 Å². The van der Waals surface area contributed by atoms with Crippen LogP contribution >= 0.6 is 11.6 Å². The largest absolute Gasteiger partial charge is 0.507 e. The summed E-state index contributed by atoms with van der Waals surface area (Å²) in [7, 11) is 1.46. The summed E-state index contributed by atoms with van der Waals surface area (Å²) in [5, 5.41) is 11.4. The van der Waals surface area contributed by atoms with Gasteiger partial charge >= 0.3 is 0 Å². The lowest BCUT2D eigenvalue weighted by atomic mass is 10.0. The number of rotatable bonds is 4. The van der Waals surface area contributed by atoms with E-state index in [1.165, 1.54) is 19.4 Å². The van der Waals surface area contributed by atoms with Gasteiger partial charge in [0.15, 0.2) is 0 Å². The fourth-order valence-corrected chi connectivity index (χ4v) is 3.56. The molecule has 0 atom stereocenters. The van der Waals surface area contributed by atoms with Crippen LogP contribution in [-0.4, -0.2) is 43.4 Å². The minimum Gasteiger partial charge on any atom is -0.507 e. The number of benzene rings is 2. The third-order valence-corrected chi connectivity index (χ3v) is 5.20. The first-order chi connectivity index (χ1) is 13.6. The average Bonchev–Trinajstić information content (AvgIpc) is 2.71. The molecule has 3 aromatic rings. The van der Waals surface area contributed by atoms with E-state index < -0.39 is 0 Å². The standard InChI is InChI=1S/C21H20ClNO5/c1-26-18-10-17(24)15(11-23-6-8-27-9-7-23)21-19(18)20(25)16(12-28-21)13-2-4-14(22)5-3-13/h2-5,10,12,24H,6-9,11H2,1H3. The summed E-state index contributed by atoms with van der Waals surface area (Å²) >= 11 is 5.95. The van der Waals surface area contributed by atoms with Gasteiger partial charge < -0.3 is 19.0 Å². The van der Waals surface area contributed by atoms with Crippen LogP contribution in [0.3, 0.4) is 0 Å². The van der Waals surface area contributed by atoms with Crippen LogP contribution in [0.15, 0.2) is 45.8 Å². The van der Waals surface area contributed by atoms with Gasteiger partial charge in [0, 0.05) is 30.7 Å². The van der Waals surface area contributed by atoms with Crippen molar-refractivity contribution in [1.29, 1.82) is 0 Å².